The molecule has 0 aromatic rings. The number of carbonyl (C=O) groups excluding carboxylic acids is 2. The van der Waals surface area contributed by atoms with Crippen molar-refractivity contribution in [2.75, 3.05) is 6.61 Å². The highest BCUT2D eigenvalue weighted by atomic mass is 16.5. The largest absolute Gasteiger partial charge is 0.475 e. The molecule has 5 nitrogen and oxygen atoms in total. The molecule has 0 saturated carbocycles. The van der Waals surface area contributed by atoms with Crippen LogP contribution in [0.1, 0.15) is 47.0 Å². The van der Waals surface area contributed by atoms with Gasteiger partial charge >= 0.3 is 11.9 Å². The van der Waals surface area contributed by atoms with Gasteiger partial charge in [0.1, 0.15) is 6.42 Å². The zero-order valence-electron chi connectivity index (χ0n) is 11.5. The van der Waals surface area contributed by atoms with Gasteiger partial charge < -0.3 is 9.84 Å². The van der Waals surface area contributed by atoms with Gasteiger partial charge in [0.25, 0.3) is 5.78 Å². The van der Waals surface area contributed by atoms with Crippen molar-refractivity contribution < 1.29 is 24.2 Å². The molecule has 0 aliphatic rings. The maximum atomic E-state index is 11.1. The van der Waals surface area contributed by atoms with Gasteiger partial charge in [-0.15, -0.1) is 0 Å². The second kappa shape index (κ2) is 7.13. The molecule has 0 aromatic carbocycles. The number of carboxylic acid groups (broad SMARTS) is 1. The van der Waals surface area contributed by atoms with Crippen LogP contribution in [0.25, 0.3) is 0 Å². The van der Waals surface area contributed by atoms with Crippen LogP contribution in [0.15, 0.2) is 0 Å². The van der Waals surface area contributed by atoms with Crippen LogP contribution in [0.2, 0.25) is 0 Å². The molecule has 0 aliphatic carbocycles. The fraction of sp³-hybridized carbons (Fsp3) is 0.769. The third kappa shape index (κ3) is 8.73. The van der Waals surface area contributed by atoms with Gasteiger partial charge in [-0.25, -0.2) is 4.79 Å². The SMILES string of the molecule is CC(CCOC(=O)CC(=O)C(=O)O)CC(C)(C)C. The second-order valence-electron chi connectivity index (χ2n) is 5.78. The fourth-order valence-corrected chi connectivity index (χ4v) is 1.78. The lowest BCUT2D eigenvalue weighted by Gasteiger charge is -2.22. The smallest absolute Gasteiger partial charge is 0.372 e. The van der Waals surface area contributed by atoms with Crippen molar-refractivity contribution >= 4 is 17.7 Å². The highest BCUT2D eigenvalue weighted by Crippen LogP contribution is 2.25. The minimum absolute atomic E-state index is 0.225. The summed E-state index contributed by atoms with van der Waals surface area (Å²) < 4.78 is 4.82. The monoisotopic (exact) mass is 258 g/mol. The quantitative estimate of drug-likeness (QED) is 0.429. The number of carboxylic acids is 1. The molecule has 0 fully saturated rings. The zero-order valence-corrected chi connectivity index (χ0v) is 11.5. The van der Waals surface area contributed by atoms with E-state index in [4.69, 9.17) is 9.84 Å². The summed E-state index contributed by atoms with van der Waals surface area (Å²) in [5, 5.41) is 8.31. The molecular formula is C13H22O5. The number of ketones is 1. The molecule has 0 spiro atoms. The lowest BCUT2D eigenvalue weighted by atomic mass is 9.84. The van der Waals surface area contributed by atoms with Gasteiger partial charge in [-0.3, -0.25) is 9.59 Å². The van der Waals surface area contributed by atoms with Gasteiger partial charge in [0.05, 0.1) is 6.61 Å². The van der Waals surface area contributed by atoms with Gasteiger partial charge in [0.2, 0.25) is 0 Å². The Morgan fingerprint density at radius 3 is 2.22 bits per heavy atom. The highest BCUT2D eigenvalue weighted by Gasteiger charge is 2.18. The van der Waals surface area contributed by atoms with E-state index in [2.05, 4.69) is 27.7 Å². The van der Waals surface area contributed by atoms with E-state index in [9.17, 15) is 14.4 Å². The Morgan fingerprint density at radius 1 is 1.22 bits per heavy atom. The van der Waals surface area contributed by atoms with E-state index in [0.29, 0.717) is 12.3 Å². The Hall–Kier alpha value is -1.39. The molecule has 5 heteroatoms. The molecule has 0 saturated heterocycles. The summed E-state index contributed by atoms with van der Waals surface area (Å²) in [5.74, 6) is -3.10. The molecular weight excluding hydrogens is 236 g/mol. The van der Waals surface area contributed by atoms with E-state index in [1.54, 1.807) is 0 Å². The summed E-state index contributed by atoms with van der Waals surface area (Å²) in [6.07, 6.45) is 1.03. The second-order valence-corrected chi connectivity index (χ2v) is 5.78. The van der Waals surface area contributed by atoms with E-state index in [1.165, 1.54) is 0 Å². The molecule has 1 N–H and O–H groups in total. The average Bonchev–Trinajstić information content (AvgIpc) is 2.14. The first-order valence-electron chi connectivity index (χ1n) is 6.03. The summed E-state index contributed by atoms with van der Waals surface area (Å²) in [6.45, 7) is 8.72. The fourth-order valence-electron chi connectivity index (χ4n) is 1.78. The van der Waals surface area contributed by atoms with E-state index in [-0.39, 0.29) is 12.0 Å². The molecule has 104 valence electrons. The molecule has 18 heavy (non-hydrogen) atoms. The van der Waals surface area contributed by atoms with Crippen molar-refractivity contribution in [2.45, 2.75) is 47.0 Å². The standard InChI is InChI=1S/C13H22O5/c1-9(8-13(2,3)4)5-6-18-11(15)7-10(14)12(16)17/h9H,5-8H2,1-4H3,(H,16,17). The third-order valence-electron chi connectivity index (χ3n) is 2.38. The molecule has 0 rings (SSSR count). The summed E-state index contributed by atoms with van der Waals surface area (Å²) in [4.78, 5) is 32.1. The normalized spacial score (nSPS) is 12.9. The van der Waals surface area contributed by atoms with E-state index >= 15 is 0 Å². The van der Waals surface area contributed by atoms with Crippen molar-refractivity contribution in [3.05, 3.63) is 0 Å². The molecule has 0 aromatic heterocycles. The summed E-state index contributed by atoms with van der Waals surface area (Å²) in [5.41, 5.74) is 0.225. The zero-order chi connectivity index (χ0) is 14.3. The molecule has 0 radical (unpaired) electrons. The van der Waals surface area contributed by atoms with Gasteiger partial charge in [-0.2, -0.15) is 0 Å². The molecule has 0 aliphatic heterocycles. The van der Waals surface area contributed by atoms with Gasteiger partial charge in [0, 0.05) is 0 Å². The Bertz CT molecular complexity index is 314. The van der Waals surface area contributed by atoms with Crippen LogP contribution in [-0.4, -0.2) is 29.4 Å². The number of esters is 1. The first kappa shape index (κ1) is 16.6. The topological polar surface area (TPSA) is 80.7 Å². The highest BCUT2D eigenvalue weighted by molar-refractivity contribution is 6.35. The average molecular weight is 258 g/mol. The third-order valence-corrected chi connectivity index (χ3v) is 2.38. The van der Waals surface area contributed by atoms with Crippen molar-refractivity contribution in [3.63, 3.8) is 0 Å². The number of hydrogen-bond donors (Lipinski definition) is 1. The first-order chi connectivity index (χ1) is 8.11. The minimum atomic E-state index is -1.60. The summed E-state index contributed by atoms with van der Waals surface area (Å²) in [7, 11) is 0. The number of ether oxygens (including phenoxy) is 1. The lowest BCUT2D eigenvalue weighted by molar-refractivity contribution is -0.154. The molecule has 0 heterocycles. The van der Waals surface area contributed by atoms with Gasteiger partial charge in [0.15, 0.2) is 0 Å². The predicted molar refractivity (Wildman–Crippen MR) is 66.1 cm³/mol. The van der Waals surface area contributed by atoms with E-state index in [0.717, 1.165) is 6.42 Å². The van der Waals surface area contributed by atoms with Crippen molar-refractivity contribution in [1.29, 1.82) is 0 Å². The first-order valence-corrected chi connectivity index (χ1v) is 6.03. The van der Waals surface area contributed by atoms with E-state index in [1.807, 2.05) is 0 Å². The lowest BCUT2D eigenvalue weighted by Crippen LogP contribution is -2.20. The Morgan fingerprint density at radius 2 is 1.78 bits per heavy atom. The molecule has 0 amide bonds. The van der Waals surface area contributed by atoms with Gasteiger partial charge in [-0.1, -0.05) is 27.7 Å². The van der Waals surface area contributed by atoms with Gasteiger partial charge in [-0.05, 0) is 24.2 Å². The van der Waals surface area contributed by atoms with Crippen LogP contribution in [-0.2, 0) is 19.1 Å². The molecule has 1 unspecified atom stereocenters. The van der Waals surface area contributed by atoms with Crippen LogP contribution in [0.4, 0.5) is 0 Å². The van der Waals surface area contributed by atoms with Crippen molar-refractivity contribution in [2.24, 2.45) is 11.3 Å². The van der Waals surface area contributed by atoms with Crippen LogP contribution in [0.5, 0.6) is 0 Å². The maximum absolute atomic E-state index is 11.1. The summed E-state index contributed by atoms with van der Waals surface area (Å²) in [6, 6.07) is 0. The molecule has 0 bridgehead atoms. The van der Waals surface area contributed by atoms with Crippen LogP contribution in [0.3, 0.4) is 0 Å². The number of hydrogen-bond acceptors (Lipinski definition) is 4. The number of aliphatic carboxylic acids is 1. The number of carbonyl (C=O) groups is 3. The van der Waals surface area contributed by atoms with Crippen LogP contribution in [0, 0.1) is 11.3 Å². The van der Waals surface area contributed by atoms with Crippen molar-refractivity contribution in [3.8, 4) is 0 Å². The van der Waals surface area contributed by atoms with Crippen molar-refractivity contribution in [1.82, 2.24) is 0 Å². The van der Waals surface area contributed by atoms with E-state index < -0.39 is 24.1 Å². The Balaban J connectivity index is 3.81. The van der Waals surface area contributed by atoms with Crippen LogP contribution < -0.4 is 0 Å². The predicted octanol–water partition coefficient (Wildman–Crippen LogP) is 2.04. The Kier molecular flexibility index (Phi) is 6.58. The minimum Gasteiger partial charge on any atom is -0.475 e. The number of Topliss-reactive ketones (excluding diaryl/α,β-unsaturated/α-hetero) is 1. The summed E-state index contributed by atoms with van der Waals surface area (Å²) >= 11 is 0. The Labute approximate surface area is 108 Å². The number of rotatable bonds is 7. The maximum Gasteiger partial charge on any atom is 0.372 e. The molecule has 1 atom stereocenters. The van der Waals surface area contributed by atoms with Crippen LogP contribution >= 0.6 is 0 Å².